The van der Waals surface area contributed by atoms with Crippen molar-refractivity contribution in [3.05, 3.63) is 31.8 Å². The Kier molecular flexibility index (Phi) is 6.52. The molecule has 1 aliphatic carbocycles. The number of aromatic amines is 1. The topological polar surface area (TPSA) is 51.4 Å². The second kappa shape index (κ2) is 8.83. The molecule has 2 aromatic rings. The Labute approximate surface area is 196 Å². The molecule has 2 aliphatic rings. The molecule has 0 spiro atoms. The van der Waals surface area contributed by atoms with Crippen LogP contribution in [0.4, 0.5) is 4.79 Å². The largest absolute Gasteiger partial charge is 0.357 e. The highest BCUT2D eigenvalue weighted by Gasteiger charge is 2.42. The van der Waals surface area contributed by atoms with E-state index in [0.29, 0.717) is 12.0 Å². The summed E-state index contributed by atoms with van der Waals surface area (Å²) in [5.41, 5.74) is 5.35. The minimum absolute atomic E-state index is 0.0658. The molecule has 4 rings (SSSR count). The van der Waals surface area contributed by atoms with Gasteiger partial charge in [-0.2, -0.15) is 0 Å². The lowest BCUT2D eigenvalue weighted by atomic mass is 9.73. The molecule has 2 amide bonds. The van der Waals surface area contributed by atoms with Crippen molar-refractivity contribution in [3.8, 4) is 0 Å². The van der Waals surface area contributed by atoms with Crippen LogP contribution in [0.1, 0.15) is 56.4 Å². The molecule has 5 nitrogen and oxygen atoms in total. The zero-order valence-electron chi connectivity index (χ0n) is 18.3. The van der Waals surface area contributed by atoms with Crippen LogP contribution in [0, 0.1) is 6.92 Å². The maximum Gasteiger partial charge on any atom is 0.317 e. The van der Waals surface area contributed by atoms with E-state index in [1.54, 1.807) is 0 Å². The molecule has 1 saturated heterocycles. The minimum Gasteiger partial charge on any atom is -0.357 e. The molecule has 3 atom stereocenters. The average molecular weight is 540 g/mol. The molecule has 0 saturated carbocycles. The van der Waals surface area contributed by atoms with Gasteiger partial charge in [0, 0.05) is 53.2 Å². The minimum atomic E-state index is 0.0658. The van der Waals surface area contributed by atoms with Crippen LogP contribution in [0.3, 0.4) is 0 Å². The van der Waals surface area contributed by atoms with E-state index < -0.39 is 0 Å². The maximum atomic E-state index is 12.8. The van der Waals surface area contributed by atoms with Gasteiger partial charge in [-0.1, -0.05) is 6.92 Å². The number of urea groups is 1. The van der Waals surface area contributed by atoms with Gasteiger partial charge in [0.15, 0.2) is 0 Å². The maximum absolute atomic E-state index is 12.8. The SMILES string of the molecule is CCCN1C[C@@H](NC(=O)N(CC)CC)CC2c3cc(Br)c(Br)c4[nH]c(C)c(c34)C[C@H]21. The van der Waals surface area contributed by atoms with Crippen molar-refractivity contribution in [2.45, 2.75) is 65.0 Å². The van der Waals surface area contributed by atoms with Gasteiger partial charge in [-0.15, -0.1) is 0 Å². The van der Waals surface area contributed by atoms with Gasteiger partial charge in [0.1, 0.15) is 0 Å². The number of H-pyrrole nitrogens is 1. The monoisotopic (exact) mass is 538 g/mol. The van der Waals surface area contributed by atoms with Crippen molar-refractivity contribution in [1.29, 1.82) is 0 Å². The molecule has 1 fully saturated rings. The molecule has 2 N–H and O–H groups in total. The summed E-state index contributed by atoms with van der Waals surface area (Å²) in [7, 11) is 0. The molecule has 30 heavy (non-hydrogen) atoms. The number of aryl methyl sites for hydroxylation is 1. The Bertz CT molecular complexity index is 953. The Hall–Kier alpha value is -1.05. The Morgan fingerprint density at radius 3 is 2.70 bits per heavy atom. The van der Waals surface area contributed by atoms with Crippen LogP contribution in [0.15, 0.2) is 15.0 Å². The van der Waals surface area contributed by atoms with Gasteiger partial charge < -0.3 is 15.2 Å². The number of aromatic nitrogens is 1. The zero-order chi connectivity index (χ0) is 21.6. The summed E-state index contributed by atoms with van der Waals surface area (Å²) < 4.78 is 2.19. The fourth-order valence-corrected chi connectivity index (χ4v) is 6.39. The van der Waals surface area contributed by atoms with Crippen LogP contribution in [0.25, 0.3) is 10.9 Å². The standard InChI is InChI=1S/C23H32Br2N4O/c1-5-8-29-12-14(27-23(30)28(6-2)7-3)9-16-17-10-18(24)21(25)22-20(17)15(11-19(16)29)13(4)26-22/h10,14,16,19,26H,5-9,11-12H2,1-4H3,(H,27,30)/t14-,16?,19+/m0/s1. The van der Waals surface area contributed by atoms with E-state index in [0.717, 1.165) is 54.4 Å². The lowest BCUT2D eigenvalue weighted by Gasteiger charge is -2.47. The number of rotatable bonds is 5. The number of carbonyl (C=O) groups is 1. The number of benzene rings is 1. The quantitative estimate of drug-likeness (QED) is 0.523. The van der Waals surface area contributed by atoms with E-state index in [2.05, 4.69) is 67.0 Å². The van der Waals surface area contributed by atoms with E-state index in [1.165, 1.54) is 27.7 Å². The van der Waals surface area contributed by atoms with Gasteiger partial charge in [0.05, 0.1) is 9.99 Å². The highest BCUT2D eigenvalue weighted by molar-refractivity contribution is 9.13. The number of halogens is 2. The van der Waals surface area contributed by atoms with Crippen molar-refractivity contribution in [2.24, 2.45) is 0 Å². The number of likely N-dealkylation sites (tertiary alicyclic amines) is 1. The summed E-state index contributed by atoms with van der Waals surface area (Å²) >= 11 is 7.53. The lowest BCUT2D eigenvalue weighted by Crippen LogP contribution is -2.57. The van der Waals surface area contributed by atoms with E-state index in [-0.39, 0.29) is 12.1 Å². The first-order valence-corrected chi connectivity index (χ1v) is 12.8. The smallest absolute Gasteiger partial charge is 0.317 e. The van der Waals surface area contributed by atoms with Crippen molar-refractivity contribution < 1.29 is 4.79 Å². The molecule has 0 bridgehead atoms. The Morgan fingerprint density at radius 1 is 1.30 bits per heavy atom. The molecule has 7 heteroatoms. The number of fused-ring (bicyclic) bond motifs is 2. The van der Waals surface area contributed by atoms with E-state index in [1.807, 2.05) is 18.7 Å². The second-order valence-corrected chi connectivity index (χ2v) is 10.3. The predicted octanol–water partition coefficient (Wildman–Crippen LogP) is 5.55. The molecule has 1 aromatic heterocycles. The molecular weight excluding hydrogens is 508 g/mol. The summed E-state index contributed by atoms with van der Waals surface area (Å²) in [6, 6.07) is 3.03. The third-order valence-electron chi connectivity index (χ3n) is 6.95. The van der Waals surface area contributed by atoms with Crippen molar-refractivity contribution in [2.75, 3.05) is 26.2 Å². The Morgan fingerprint density at radius 2 is 2.03 bits per heavy atom. The third-order valence-corrected chi connectivity index (χ3v) is 8.93. The molecule has 2 heterocycles. The molecule has 0 radical (unpaired) electrons. The fraction of sp³-hybridized carbons (Fsp3) is 0.609. The lowest BCUT2D eigenvalue weighted by molar-refractivity contribution is 0.0978. The first-order valence-electron chi connectivity index (χ1n) is 11.2. The Balaban J connectivity index is 1.72. The first-order chi connectivity index (χ1) is 14.4. The molecule has 1 aromatic carbocycles. The fourth-order valence-electron chi connectivity index (χ4n) is 5.54. The van der Waals surface area contributed by atoms with Crippen LogP contribution < -0.4 is 5.32 Å². The summed E-state index contributed by atoms with van der Waals surface area (Å²) in [4.78, 5) is 20.9. The number of nitrogens with zero attached hydrogens (tertiary/aromatic N) is 2. The molecule has 164 valence electrons. The van der Waals surface area contributed by atoms with Crippen LogP contribution in [0.5, 0.6) is 0 Å². The van der Waals surface area contributed by atoms with E-state index in [9.17, 15) is 4.79 Å². The number of amides is 2. The van der Waals surface area contributed by atoms with E-state index >= 15 is 0 Å². The molecular formula is C23H32Br2N4O. The number of piperidine rings is 1. The van der Waals surface area contributed by atoms with Crippen molar-refractivity contribution >= 4 is 48.8 Å². The van der Waals surface area contributed by atoms with Crippen molar-refractivity contribution in [3.63, 3.8) is 0 Å². The van der Waals surface area contributed by atoms with Gasteiger partial charge in [-0.25, -0.2) is 4.79 Å². The van der Waals surface area contributed by atoms with Crippen LogP contribution in [-0.2, 0) is 6.42 Å². The highest BCUT2D eigenvalue weighted by Crippen LogP contribution is 2.48. The van der Waals surface area contributed by atoms with Gasteiger partial charge >= 0.3 is 6.03 Å². The van der Waals surface area contributed by atoms with Crippen molar-refractivity contribution in [1.82, 2.24) is 20.1 Å². The molecule has 1 unspecified atom stereocenters. The summed E-state index contributed by atoms with van der Waals surface area (Å²) in [5, 5.41) is 4.73. The van der Waals surface area contributed by atoms with Gasteiger partial charge in [-0.05, 0) is 95.6 Å². The first kappa shape index (κ1) is 22.2. The average Bonchev–Trinajstić information content (AvgIpc) is 3.05. The number of hydrogen-bond acceptors (Lipinski definition) is 2. The van der Waals surface area contributed by atoms with E-state index in [4.69, 9.17) is 0 Å². The molecule has 1 aliphatic heterocycles. The third kappa shape index (κ3) is 3.71. The number of nitrogens with one attached hydrogen (secondary N) is 2. The van der Waals surface area contributed by atoms with Gasteiger partial charge in [0.25, 0.3) is 0 Å². The second-order valence-electron chi connectivity index (χ2n) is 8.67. The predicted molar refractivity (Wildman–Crippen MR) is 130 cm³/mol. The summed E-state index contributed by atoms with van der Waals surface area (Å²) in [5.74, 6) is 0.418. The van der Waals surface area contributed by atoms with Crippen LogP contribution >= 0.6 is 31.9 Å². The number of hydrogen-bond donors (Lipinski definition) is 2. The summed E-state index contributed by atoms with van der Waals surface area (Å²) in [6.45, 7) is 12.0. The highest BCUT2D eigenvalue weighted by atomic mass is 79.9. The van der Waals surface area contributed by atoms with Crippen LogP contribution in [-0.4, -0.2) is 59.1 Å². The van der Waals surface area contributed by atoms with Gasteiger partial charge in [0.2, 0.25) is 0 Å². The number of carbonyl (C=O) groups excluding carboxylic acids is 1. The normalized spacial score (nSPS) is 23.5. The summed E-state index contributed by atoms with van der Waals surface area (Å²) in [6.07, 6.45) is 3.19. The van der Waals surface area contributed by atoms with Crippen LogP contribution in [0.2, 0.25) is 0 Å². The zero-order valence-corrected chi connectivity index (χ0v) is 21.5. The van der Waals surface area contributed by atoms with Gasteiger partial charge in [-0.3, -0.25) is 4.90 Å².